The van der Waals surface area contributed by atoms with Gasteiger partial charge < -0.3 is 10.1 Å². The molecule has 0 spiro atoms. The summed E-state index contributed by atoms with van der Waals surface area (Å²) in [7, 11) is 0. The first kappa shape index (κ1) is 15.4. The van der Waals surface area contributed by atoms with Crippen LogP contribution in [0.1, 0.15) is 43.4 Å². The van der Waals surface area contributed by atoms with Crippen molar-refractivity contribution in [2.45, 2.75) is 33.2 Å². The van der Waals surface area contributed by atoms with Gasteiger partial charge in [-0.05, 0) is 32.0 Å². The van der Waals surface area contributed by atoms with Gasteiger partial charge in [0.2, 0.25) is 0 Å². The number of benzene rings is 1. The number of nitrogens with zero attached hydrogens (tertiary/aromatic N) is 2. The third-order valence-electron chi connectivity index (χ3n) is 3.19. The summed E-state index contributed by atoms with van der Waals surface area (Å²) in [5.74, 6) is 1.70. The summed E-state index contributed by atoms with van der Waals surface area (Å²) in [6.07, 6.45) is 2.80. The Bertz CT molecular complexity index is 571. The van der Waals surface area contributed by atoms with Gasteiger partial charge in [0.15, 0.2) is 0 Å². The van der Waals surface area contributed by atoms with Crippen LogP contribution in [0.4, 0.5) is 0 Å². The zero-order chi connectivity index (χ0) is 15.1. The van der Waals surface area contributed by atoms with Crippen molar-refractivity contribution in [3.05, 3.63) is 53.6 Å². The molecule has 0 saturated heterocycles. The predicted molar refractivity (Wildman–Crippen MR) is 84.5 cm³/mol. The number of nitrogens with one attached hydrogen (secondary N) is 1. The monoisotopic (exact) mass is 285 g/mol. The van der Waals surface area contributed by atoms with E-state index in [9.17, 15) is 0 Å². The molecule has 1 N–H and O–H groups in total. The molecule has 0 aliphatic heterocycles. The van der Waals surface area contributed by atoms with Crippen molar-refractivity contribution in [3.8, 4) is 5.75 Å². The number of rotatable bonds is 7. The number of aryl methyl sites for hydroxylation is 1. The molecule has 0 aliphatic carbocycles. The van der Waals surface area contributed by atoms with Crippen LogP contribution in [0.15, 0.2) is 36.5 Å². The highest BCUT2D eigenvalue weighted by atomic mass is 16.5. The van der Waals surface area contributed by atoms with Crippen LogP contribution in [-0.4, -0.2) is 23.1 Å². The summed E-state index contributed by atoms with van der Waals surface area (Å²) in [5, 5.41) is 3.49. The second-order valence-electron chi connectivity index (χ2n) is 4.91. The summed E-state index contributed by atoms with van der Waals surface area (Å²) < 4.78 is 5.88. The Morgan fingerprint density at radius 1 is 1.19 bits per heavy atom. The van der Waals surface area contributed by atoms with E-state index in [1.54, 1.807) is 6.20 Å². The Balaban J connectivity index is 2.38. The Kier molecular flexibility index (Phi) is 5.69. The zero-order valence-electron chi connectivity index (χ0n) is 13.0. The number of hydrogen-bond acceptors (Lipinski definition) is 4. The number of aromatic nitrogens is 2. The first-order valence-electron chi connectivity index (χ1n) is 7.50. The van der Waals surface area contributed by atoms with Crippen LogP contribution in [-0.2, 0) is 0 Å². The minimum Gasteiger partial charge on any atom is -0.493 e. The summed E-state index contributed by atoms with van der Waals surface area (Å²) in [6, 6.07) is 10.1. The largest absolute Gasteiger partial charge is 0.493 e. The van der Waals surface area contributed by atoms with Crippen molar-refractivity contribution < 1.29 is 4.74 Å². The van der Waals surface area contributed by atoms with Crippen LogP contribution in [0.3, 0.4) is 0 Å². The number of ether oxygens (including phenoxy) is 1. The van der Waals surface area contributed by atoms with Gasteiger partial charge in [-0.15, -0.1) is 0 Å². The van der Waals surface area contributed by atoms with Gasteiger partial charge in [-0.2, -0.15) is 0 Å². The molecule has 2 rings (SSSR count). The minimum atomic E-state index is 0.0183. The molecule has 0 bridgehead atoms. The maximum atomic E-state index is 5.88. The SMILES string of the molecule is CCCOc1ccccc1C(NCC)c1ccnc(C)n1. The van der Waals surface area contributed by atoms with E-state index in [0.29, 0.717) is 0 Å². The van der Waals surface area contributed by atoms with Gasteiger partial charge in [0, 0.05) is 11.8 Å². The third-order valence-corrected chi connectivity index (χ3v) is 3.19. The molecule has 1 heterocycles. The lowest BCUT2D eigenvalue weighted by atomic mass is 10.0. The standard InChI is InChI=1S/C17H23N3O/c1-4-12-21-16-9-7-6-8-14(16)17(18-5-2)15-10-11-19-13(3)20-15/h6-11,17-18H,4-5,12H2,1-3H3. The van der Waals surface area contributed by atoms with E-state index in [2.05, 4.69) is 35.2 Å². The fourth-order valence-electron chi connectivity index (χ4n) is 2.28. The molecular formula is C17H23N3O. The molecule has 0 saturated carbocycles. The Hall–Kier alpha value is -1.94. The fraction of sp³-hybridized carbons (Fsp3) is 0.412. The molecule has 0 amide bonds. The highest BCUT2D eigenvalue weighted by Crippen LogP contribution is 2.29. The zero-order valence-corrected chi connectivity index (χ0v) is 13.0. The quantitative estimate of drug-likeness (QED) is 0.848. The van der Waals surface area contributed by atoms with Crippen molar-refractivity contribution in [1.29, 1.82) is 0 Å². The molecule has 112 valence electrons. The van der Waals surface area contributed by atoms with Gasteiger partial charge in [0.25, 0.3) is 0 Å². The molecule has 0 fully saturated rings. The van der Waals surface area contributed by atoms with E-state index in [-0.39, 0.29) is 6.04 Å². The fourth-order valence-corrected chi connectivity index (χ4v) is 2.28. The molecule has 0 radical (unpaired) electrons. The van der Waals surface area contributed by atoms with Crippen molar-refractivity contribution in [2.75, 3.05) is 13.2 Å². The lowest BCUT2D eigenvalue weighted by Crippen LogP contribution is -2.24. The normalized spacial score (nSPS) is 12.1. The van der Waals surface area contributed by atoms with Gasteiger partial charge in [-0.25, -0.2) is 9.97 Å². The highest BCUT2D eigenvalue weighted by Gasteiger charge is 2.18. The lowest BCUT2D eigenvalue weighted by molar-refractivity contribution is 0.311. The van der Waals surface area contributed by atoms with Crippen molar-refractivity contribution in [1.82, 2.24) is 15.3 Å². The topological polar surface area (TPSA) is 47.0 Å². The summed E-state index contributed by atoms with van der Waals surface area (Å²) in [6.45, 7) is 7.69. The molecule has 2 aromatic rings. The number of hydrogen-bond donors (Lipinski definition) is 1. The Labute approximate surface area is 126 Å². The van der Waals surface area contributed by atoms with Gasteiger partial charge in [0.1, 0.15) is 11.6 Å². The van der Waals surface area contributed by atoms with Gasteiger partial charge in [0.05, 0.1) is 18.3 Å². The van der Waals surface area contributed by atoms with E-state index in [4.69, 9.17) is 4.74 Å². The predicted octanol–water partition coefficient (Wildman–Crippen LogP) is 3.27. The van der Waals surface area contributed by atoms with E-state index in [1.807, 2.05) is 31.2 Å². The smallest absolute Gasteiger partial charge is 0.125 e. The van der Waals surface area contributed by atoms with Crippen LogP contribution >= 0.6 is 0 Å². The van der Waals surface area contributed by atoms with Crippen LogP contribution < -0.4 is 10.1 Å². The maximum absolute atomic E-state index is 5.88. The Morgan fingerprint density at radius 2 is 2.00 bits per heavy atom. The average Bonchev–Trinajstić information content (AvgIpc) is 2.51. The second-order valence-corrected chi connectivity index (χ2v) is 4.91. The average molecular weight is 285 g/mol. The molecule has 1 aromatic carbocycles. The molecule has 1 aromatic heterocycles. The summed E-state index contributed by atoms with van der Waals surface area (Å²) in [5.41, 5.74) is 2.09. The molecule has 21 heavy (non-hydrogen) atoms. The van der Waals surface area contributed by atoms with E-state index in [0.717, 1.165) is 42.4 Å². The van der Waals surface area contributed by atoms with E-state index < -0.39 is 0 Å². The highest BCUT2D eigenvalue weighted by molar-refractivity contribution is 5.39. The van der Waals surface area contributed by atoms with Gasteiger partial charge in [-0.3, -0.25) is 0 Å². The first-order chi connectivity index (χ1) is 10.3. The Morgan fingerprint density at radius 3 is 2.71 bits per heavy atom. The first-order valence-corrected chi connectivity index (χ1v) is 7.50. The van der Waals surface area contributed by atoms with Crippen molar-refractivity contribution >= 4 is 0 Å². The third kappa shape index (κ3) is 4.02. The van der Waals surface area contributed by atoms with E-state index >= 15 is 0 Å². The summed E-state index contributed by atoms with van der Waals surface area (Å²) in [4.78, 5) is 8.74. The van der Waals surface area contributed by atoms with Gasteiger partial charge >= 0.3 is 0 Å². The van der Waals surface area contributed by atoms with E-state index in [1.165, 1.54) is 0 Å². The number of para-hydroxylation sites is 1. The van der Waals surface area contributed by atoms with Crippen LogP contribution in [0.5, 0.6) is 5.75 Å². The molecule has 4 heteroatoms. The van der Waals surface area contributed by atoms with Gasteiger partial charge in [-0.1, -0.05) is 32.0 Å². The van der Waals surface area contributed by atoms with Crippen LogP contribution in [0.2, 0.25) is 0 Å². The van der Waals surface area contributed by atoms with Crippen LogP contribution in [0, 0.1) is 6.92 Å². The molecule has 0 aliphatic rings. The summed E-state index contributed by atoms with van der Waals surface area (Å²) >= 11 is 0. The second kappa shape index (κ2) is 7.74. The lowest BCUT2D eigenvalue weighted by Gasteiger charge is -2.21. The van der Waals surface area contributed by atoms with Crippen molar-refractivity contribution in [2.24, 2.45) is 0 Å². The minimum absolute atomic E-state index is 0.0183. The molecule has 1 atom stereocenters. The van der Waals surface area contributed by atoms with Crippen LogP contribution in [0.25, 0.3) is 0 Å². The molecule has 1 unspecified atom stereocenters. The molecular weight excluding hydrogens is 262 g/mol. The maximum Gasteiger partial charge on any atom is 0.125 e. The van der Waals surface area contributed by atoms with Crippen molar-refractivity contribution in [3.63, 3.8) is 0 Å². The molecule has 4 nitrogen and oxygen atoms in total.